The Morgan fingerprint density at radius 2 is 1.90 bits per heavy atom. The molecule has 9 nitrogen and oxygen atoms in total. The first-order chi connectivity index (χ1) is 20.2. The molecule has 42 heavy (non-hydrogen) atoms. The van der Waals surface area contributed by atoms with Crippen LogP contribution in [0.15, 0.2) is 77.3 Å². The normalized spacial score (nSPS) is 16.7. The van der Waals surface area contributed by atoms with Crippen LogP contribution in [0, 0.1) is 35.3 Å². The van der Waals surface area contributed by atoms with Gasteiger partial charge in [-0.2, -0.15) is 5.26 Å². The van der Waals surface area contributed by atoms with Crippen LogP contribution in [-0.2, 0) is 11.4 Å². The second-order valence-corrected chi connectivity index (χ2v) is 10.7. The number of ether oxygens (including phenoxy) is 2. The van der Waals surface area contributed by atoms with Gasteiger partial charge in [-0.15, -0.1) is 0 Å². The van der Waals surface area contributed by atoms with Gasteiger partial charge in [0.15, 0.2) is 5.78 Å². The molecule has 0 aromatic heterocycles. The van der Waals surface area contributed by atoms with Crippen molar-refractivity contribution in [1.29, 1.82) is 5.26 Å². The maximum absolute atomic E-state index is 13.6. The van der Waals surface area contributed by atoms with Crippen molar-refractivity contribution in [2.24, 2.45) is 5.73 Å². The number of carbonyl (C=O) groups excluding carboxylic acids is 1. The molecular weight excluding hydrogens is 556 g/mol. The van der Waals surface area contributed by atoms with E-state index in [9.17, 15) is 20.2 Å². The Labute approximate surface area is 248 Å². The highest BCUT2D eigenvalue weighted by molar-refractivity contribution is 6.32. The van der Waals surface area contributed by atoms with Gasteiger partial charge in [0.25, 0.3) is 5.69 Å². The molecule has 0 saturated heterocycles. The Balaban J connectivity index is 1.67. The molecule has 0 saturated carbocycles. The second kappa shape index (κ2) is 11.6. The van der Waals surface area contributed by atoms with E-state index in [1.165, 1.54) is 24.1 Å². The molecule has 5 rings (SSSR count). The van der Waals surface area contributed by atoms with Crippen LogP contribution in [-0.4, -0.2) is 17.8 Å². The van der Waals surface area contributed by atoms with E-state index in [0.717, 1.165) is 22.3 Å². The molecule has 3 aromatic carbocycles. The summed E-state index contributed by atoms with van der Waals surface area (Å²) < 4.78 is 11.2. The Bertz CT molecular complexity index is 1720. The number of carbonyl (C=O) groups is 1. The average molecular weight is 585 g/mol. The van der Waals surface area contributed by atoms with E-state index in [-0.39, 0.29) is 35.2 Å². The van der Waals surface area contributed by atoms with Crippen LogP contribution >= 0.6 is 11.6 Å². The summed E-state index contributed by atoms with van der Waals surface area (Å²) in [5.41, 5.74) is 11.3. The molecular formula is C32H29ClN4O5. The lowest BCUT2D eigenvalue weighted by atomic mass is 9.74. The first-order valence-corrected chi connectivity index (χ1v) is 13.8. The molecule has 3 aromatic rings. The van der Waals surface area contributed by atoms with Gasteiger partial charge < -0.3 is 15.2 Å². The number of nitro benzene ring substituents is 1. The third-order valence-electron chi connectivity index (χ3n) is 7.79. The summed E-state index contributed by atoms with van der Waals surface area (Å²) in [6, 6.07) is 17.8. The monoisotopic (exact) mass is 584 g/mol. The van der Waals surface area contributed by atoms with E-state index in [0.29, 0.717) is 47.1 Å². The molecule has 10 heteroatoms. The van der Waals surface area contributed by atoms with E-state index < -0.39 is 10.8 Å². The van der Waals surface area contributed by atoms with Crippen molar-refractivity contribution in [3.05, 3.63) is 115 Å². The number of nitrogens with zero attached hydrogens (tertiary/aromatic N) is 3. The molecule has 214 valence electrons. The van der Waals surface area contributed by atoms with Crippen molar-refractivity contribution in [2.45, 2.75) is 45.6 Å². The maximum Gasteiger partial charge on any atom is 0.296 e. The van der Waals surface area contributed by atoms with Gasteiger partial charge >= 0.3 is 0 Å². The number of anilines is 1. The van der Waals surface area contributed by atoms with Crippen LogP contribution in [0.25, 0.3) is 0 Å². The number of para-hydroxylation sites is 1. The van der Waals surface area contributed by atoms with Crippen LogP contribution < -0.4 is 20.1 Å². The largest absolute Gasteiger partial charge is 0.496 e. The van der Waals surface area contributed by atoms with Gasteiger partial charge in [0.1, 0.15) is 29.6 Å². The van der Waals surface area contributed by atoms with Crippen molar-refractivity contribution >= 4 is 28.8 Å². The highest BCUT2D eigenvalue weighted by Crippen LogP contribution is 2.49. The number of rotatable bonds is 7. The Hall–Kier alpha value is -4.81. The molecule has 0 fully saturated rings. The fraction of sp³-hybridized carbons (Fsp3) is 0.250. The van der Waals surface area contributed by atoms with Crippen LogP contribution in [0.3, 0.4) is 0 Å². The van der Waals surface area contributed by atoms with E-state index in [2.05, 4.69) is 6.07 Å². The summed E-state index contributed by atoms with van der Waals surface area (Å²) in [6.07, 6.45) is 1.33. The molecule has 1 heterocycles. The standard InChI is InChI=1S/C32H29ClN4O5/c1-18-13-19(2)22(14-20(18)17-42-29-10-5-4-7-24(29)33)30-23(16-34)32(35)36(26-8-6-9-28(38)31(26)30)25-12-11-21(41-3)15-27(25)37(39)40/h4-5,7,10-15,30H,6,8-9,17,35H2,1-3H3. The first kappa shape index (κ1) is 28.7. The number of hydrogen-bond donors (Lipinski definition) is 1. The van der Waals surface area contributed by atoms with Gasteiger partial charge in [0.05, 0.1) is 40.7 Å². The van der Waals surface area contributed by atoms with Gasteiger partial charge in [-0.05, 0) is 73.2 Å². The maximum atomic E-state index is 13.6. The lowest BCUT2D eigenvalue weighted by Gasteiger charge is -2.39. The Morgan fingerprint density at radius 3 is 2.60 bits per heavy atom. The van der Waals surface area contributed by atoms with E-state index in [4.69, 9.17) is 26.8 Å². The number of allylic oxidation sites excluding steroid dienone is 3. The topological polar surface area (TPSA) is 132 Å². The number of halogens is 1. The second-order valence-electron chi connectivity index (χ2n) is 10.3. The van der Waals surface area contributed by atoms with Crippen molar-refractivity contribution in [1.82, 2.24) is 0 Å². The molecule has 0 bridgehead atoms. The number of nitriles is 1. The number of nitro groups is 1. The number of benzene rings is 3. The van der Waals surface area contributed by atoms with E-state index in [1.807, 2.05) is 38.1 Å². The van der Waals surface area contributed by atoms with Gasteiger partial charge in [-0.25, -0.2) is 0 Å². The fourth-order valence-electron chi connectivity index (χ4n) is 5.74. The number of aryl methyl sites for hydroxylation is 2. The predicted octanol–water partition coefficient (Wildman–Crippen LogP) is 6.76. The van der Waals surface area contributed by atoms with Crippen molar-refractivity contribution in [3.63, 3.8) is 0 Å². The van der Waals surface area contributed by atoms with Gasteiger partial charge in [-0.1, -0.05) is 35.9 Å². The minimum Gasteiger partial charge on any atom is -0.496 e. The first-order valence-electron chi connectivity index (χ1n) is 13.4. The molecule has 1 atom stereocenters. The summed E-state index contributed by atoms with van der Waals surface area (Å²) in [5.74, 6) is 0.0594. The molecule has 1 aliphatic heterocycles. The summed E-state index contributed by atoms with van der Waals surface area (Å²) in [6.45, 7) is 4.13. The van der Waals surface area contributed by atoms with Crippen LogP contribution in [0.5, 0.6) is 11.5 Å². The summed E-state index contributed by atoms with van der Waals surface area (Å²) in [4.78, 5) is 26.7. The molecule has 1 unspecified atom stereocenters. The third kappa shape index (κ3) is 5.06. The molecule has 0 radical (unpaired) electrons. The SMILES string of the molecule is COc1ccc(N2C(N)=C(C#N)C(c3cc(COc4ccccc4Cl)c(C)cc3C)C3=C2CCCC3=O)c([N+](=O)[O-])c1. The third-order valence-corrected chi connectivity index (χ3v) is 8.10. The Morgan fingerprint density at radius 1 is 1.14 bits per heavy atom. The quantitative estimate of drug-likeness (QED) is 0.238. The number of nitrogens with two attached hydrogens (primary N) is 1. The molecule has 2 aliphatic rings. The zero-order chi connectivity index (χ0) is 30.1. The minimum absolute atomic E-state index is 0.0538. The van der Waals surface area contributed by atoms with Crippen molar-refractivity contribution in [3.8, 4) is 17.6 Å². The molecule has 0 spiro atoms. The summed E-state index contributed by atoms with van der Waals surface area (Å²) >= 11 is 6.29. The molecule has 2 N–H and O–H groups in total. The molecule has 0 amide bonds. The van der Waals surface area contributed by atoms with E-state index in [1.54, 1.807) is 18.2 Å². The van der Waals surface area contributed by atoms with Crippen LogP contribution in [0.2, 0.25) is 5.02 Å². The number of Topliss-reactive ketones (excluding diaryl/α,β-unsaturated/α-hetero) is 1. The predicted molar refractivity (Wildman–Crippen MR) is 159 cm³/mol. The van der Waals surface area contributed by atoms with Gasteiger partial charge in [-0.3, -0.25) is 19.8 Å². The number of ketones is 1. The van der Waals surface area contributed by atoms with Crippen LogP contribution in [0.1, 0.15) is 47.4 Å². The fourth-order valence-corrected chi connectivity index (χ4v) is 5.93. The highest BCUT2D eigenvalue weighted by atomic mass is 35.5. The number of hydrogen-bond acceptors (Lipinski definition) is 8. The van der Waals surface area contributed by atoms with Crippen molar-refractivity contribution < 1.29 is 19.2 Å². The van der Waals surface area contributed by atoms with Crippen molar-refractivity contribution in [2.75, 3.05) is 12.0 Å². The zero-order valence-corrected chi connectivity index (χ0v) is 24.2. The average Bonchev–Trinajstić information content (AvgIpc) is 2.97. The Kier molecular flexibility index (Phi) is 7.92. The lowest BCUT2D eigenvalue weighted by molar-refractivity contribution is -0.384. The smallest absolute Gasteiger partial charge is 0.296 e. The minimum atomic E-state index is -0.731. The van der Waals surface area contributed by atoms with E-state index >= 15 is 0 Å². The van der Waals surface area contributed by atoms with Crippen LogP contribution in [0.4, 0.5) is 11.4 Å². The zero-order valence-electron chi connectivity index (χ0n) is 23.4. The van der Waals surface area contributed by atoms with Gasteiger partial charge in [0.2, 0.25) is 0 Å². The van der Waals surface area contributed by atoms with Gasteiger partial charge in [0, 0.05) is 17.7 Å². The summed E-state index contributed by atoms with van der Waals surface area (Å²) in [7, 11) is 1.42. The molecule has 1 aliphatic carbocycles. The summed E-state index contributed by atoms with van der Waals surface area (Å²) in [5, 5.41) is 23.0. The lowest BCUT2D eigenvalue weighted by Crippen LogP contribution is -2.39. The number of methoxy groups -OCH3 is 1. The highest BCUT2D eigenvalue weighted by Gasteiger charge is 2.42.